The molecule has 2 saturated heterocycles. The second-order valence-electron chi connectivity index (χ2n) is 5.20. The van der Waals surface area contributed by atoms with Crippen LogP contribution in [0.3, 0.4) is 0 Å². The Labute approximate surface area is 107 Å². The van der Waals surface area contributed by atoms with Crippen LogP contribution in [-0.2, 0) is 14.6 Å². The molecule has 0 saturated carbocycles. The molecule has 2 N–H and O–H groups in total. The molecule has 2 heterocycles. The van der Waals surface area contributed by atoms with Crippen LogP contribution in [0.25, 0.3) is 0 Å². The minimum Gasteiger partial charge on any atom is -0.392 e. The lowest BCUT2D eigenvalue weighted by Crippen LogP contribution is -2.46. The van der Waals surface area contributed by atoms with E-state index in [4.69, 9.17) is 0 Å². The molecule has 1 amide bonds. The van der Waals surface area contributed by atoms with E-state index in [2.05, 4.69) is 5.32 Å². The fourth-order valence-electron chi connectivity index (χ4n) is 2.56. The van der Waals surface area contributed by atoms with Crippen molar-refractivity contribution < 1.29 is 18.3 Å². The van der Waals surface area contributed by atoms with Gasteiger partial charge in [-0.05, 0) is 25.8 Å². The summed E-state index contributed by atoms with van der Waals surface area (Å²) < 4.78 is 22.5. The predicted molar refractivity (Wildman–Crippen MR) is 66.9 cm³/mol. The van der Waals surface area contributed by atoms with E-state index in [9.17, 15) is 18.3 Å². The monoisotopic (exact) mass is 276 g/mol. The molecule has 0 aromatic heterocycles. The molecule has 0 spiro atoms. The number of amides is 1. The first-order valence-corrected chi connectivity index (χ1v) is 8.17. The minimum absolute atomic E-state index is 0.0569. The van der Waals surface area contributed by atoms with Crippen molar-refractivity contribution in [2.24, 2.45) is 0 Å². The summed E-state index contributed by atoms with van der Waals surface area (Å²) in [5.74, 6) is 0.0769. The van der Waals surface area contributed by atoms with Crippen molar-refractivity contribution in [2.75, 3.05) is 31.1 Å². The molecule has 6 nitrogen and oxygen atoms in total. The molecule has 2 rings (SSSR count). The molecule has 0 aromatic carbocycles. The van der Waals surface area contributed by atoms with Crippen molar-refractivity contribution >= 4 is 15.7 Å². The Morgan fingerprint density at radius 1 is 1.39 bits per heavy atom. The van der Waals surface area contributed by atoms with Crippen LogP contribution in [-0.4, -0.2) is 67.6 Å². The van der Waals surface area contributed by atoms with Gasteiger partial charge in [0.1, 0.15) is 0 Å². The van der Waals surface area contributed by atoms with E-state index in [1.807, 2.05) is 4.90 Å². The van der Waals surface area contributed by atoms with E-state index in [1.165, 1.54) is 0 Å². The van der Waals surface area contributed by atoms with Gasteiger partial charge in [-0.25, -0.2) is 8.42 Å². The van der Waals surface area contributed by atoms with Gasteiger partial charge in [-0.1, -0.05) is 0 Å². The molecular weight excluding hydrogens is 256 g/mol. The number of likely N-dealkylation sites (tertiary alicyclic amines) is 1. The molecule has 0 aromatic rings. The number of carbonyl (C=O) groups excluding carboxylic acids is 1. The number of rotatable bonds is 3. The summed E-state index contributed by atoms with van der Waals surface area (Å²) in [6.07, 6.45) is 1.85. The number of hydrogen-bond donors (Lipinski definition) is 2. The molecule has 18 heavy (non-hydrogen) atoms. The highest BCUT2D eigenvalue weighted by molar-refractivity contribution is 7.91. The Morgan fingerprint density at radius 3 is 2.78 bits per heavy atom. The van der Waals surface area contributed by atoms with Gasteiger partial charge >= 0.3 is 0 Å². The molecular formula is C11H20N2O4S. The van der Waals surface area contributed by atoms with Crippen molar-refractivity contribution in [2.45, 2.75) is 31.4 Å². The van der Waals surface area contributed by atoms with Crippen LogP contribution in [0, 0.1) is 0 Å². The third kappa shape index (κ3) is 3.93. The van der Waals surface area contributed by atoms with Crippen LogP contribution in [0.4, 0.5) is 0 Å². The molecule has 0 aliphatic carbocycles. The summed E-state index contributed by atoms with van der Waals surface area (Å²) in [5.41, 5.74) is 0. The quantitative estimate of drug-likeness (QED) is 0.672. The lowest BCUT2D eigenvalue weighted by Gasteiger charge is -2.29. The average molecular weight is 276 g/mol. The highest BCUT2D eigenvalue weighted by Crippen LogP contribution is 2.12. The molecule has 2 aliphatic heterocycles. The van der Waals surface area contributed by atoms with Gasteiger partial charge in [-0.15, -0.1) is 0 Å². The third-order valence-electron chi connectivity index (χ3n) is 3.45. The summed E-state index contributed by atoms with van der Waals surface area (Å²) in [4.78, 5) is 13.7. The van der Waals surface area contributed by atoms with Gasteiger partial charge in [-0.2, -0.15) is 0 Å². The fourth-order valence-corrected chi connectivity index (χ4v) is 4.23. The average Bonchev–Trinajstić information content (AvgIpc) is 2.57. The number of aliphatic hydroxyl groups excluding tert-OH is 1. The van der Waals surface area contributed by atoms with Crippen LogP contribution in [0.5, 0.6) is 0 Å². The summed E-state index contributed by atoms with van der Waals surface area (Å²) in [7, 11) is -2.95. The normalized spacial score (nSPS) is 32.3. The predicted octanol–water partition coefficient (Wildman–Crippen LogP) is -1.25. The van der Waals surface area contributed by atoms with Crippen LogP contribution in [0.15, 0.2) is 0 Å². The Balaban J connectivity index is 1.75. The zero-order valence-electron chi connectivity index (χ0n) is 10.3. The second-order valence-corrected chi connectivity index (χ2v) is 7.43. The number of carbonyl (C=O) groups is 1. The van der Waals surface area contributed by atoms with Crippen LogP contribution in [0.1, 0.15) is 19.3 Å². The zero-order valence-corrected chi connectivity index (χ0v) is 11.2. The molecule has 2 fully saturated rings. The Morgan fingerprint density at radius 2 is 2.17 bits per heavy atom. The molecule has 2 atom stereocenters. The number of sulfone groups is 1. The van der Waals surface area contributed by atoms with E-state index in [-0.39, 0.29) is 36.1 Å². The summed E-state index contributed by atoms with van der Waals surface area (Å²) >= 11 is 0. The maximum Gasteiger partial charge on any atom is 0.234 e. The van der Waals surface area contributed by atoms with Gasteiger partial charge < -0.3 is 10.4 Å². The maximum atomic E-state index is 11.8. The fraction of sp³-hybridized carbons (Fsp3) is 0.909. The lowest BCUT2D eigenvalue weighted by molar-refractivity contribution is -0.123. The van der Waals surface area contributed by atoms with Crippen molar-refractivity contribution in [3.63, 3.8) is 0 Å². The summed E-state index contributed by atoms with van der Waals surface area (Å²) in [5, 5.41) is 12.2. The first-order chi connectivity index (χ1) is 8.44. The Bertz CT molecular complexity index is 409. The lowest BCUT2D eigenvalue weighted by atomic mass is 10.1. The van der Waals surface area contributed by atoms with Gasteiger partial charge in [-0.3, -0.25) is 9.69 Å². The topological polar surface area (TPSA) is 86.7 Å². The first kappa shape index (κ1) is 13.8. The smallest absolute Gasteiger partial charge is 0.234 e. The van der Waals surface area contributed by atoms with E-state index < -0.39 is 9.84 Å². The summed E-state index contributed by atoms with van der Waals surface area (Å²) in [6, 6.07) is -0.239. The zero-order chi connectivity index (χ0) is 13.2. The number of nitrogens with one attached hydrogen (secondary N) is 1. The van der Waals surface area contributed by atoms with Crippen LogP contribution in [0.2, 0.25) is 0 Å². The largest absolute Gasteiger partial charge is 0.392 e. The molecule has 0 bridgehead atoms. The third-order valence-corrected chi connectivity index (χ3v) is 5.21. The van der Waals surface area contributed by atoms with Gasteiger partial charge in [0.2, 0.25) is 5.91 Å². The molecule has 7 heteroatoms. The highest BCUT2D eigenvalue weighted by atomic mass is 32.2. The van der Waals surface area contributed by atoms with Crippen LogP contribution >= 0.6 is 0 Å². The number of aliphatic hydroxyl groups is 1. The molecule has 0 radical (unpaired) electrons. The Hall–Kier alpha value is -0.660. The van der Waals surface area contributed by atoms with Gasteiger partial charge in [0, 0.05) is 12.6 Å². The Kier molecular flexibility index (Phi) is 4.24. The number of piperidine rings is 1. The van der Waals surface area contributed by atoms with Crippen molar-refractivity contribution in [3.8, 4) is 0 Å². The summed E-state index contributed by atoms with van der Waals surface area (Å²) in [6.45, 7) is 1.58. The van der Waals surface area contributed by atoms with Gasteiger partial charge in [0.25, 0.3) is 0 Å². The standard InChI is InChI=1S/C11H20N2O4S/c14-10-2-1-4-13(6-10)7-11(15)12-9-3-5-18(16,17)8-9/h9-10,14H,1-8H2,(H,12,15)/t9?,10-/m0/s1. The van der Waals surface area contributed by atoms with Gasteiger partial charge in [0.05, 0.1) is 24.2 Å². The molecule has 2 aliphatic rings. The minimum atomic E-state index is -2.95. The van der Waals surface area contributed by atoms with E-state index in [0.717, 1.165) is 19.4 Å². The number of nitrogens with zero attached hydrogens (tertiary/aromatic N) is 1. The van der Waals surface area contributed by atoms with Crippen molar-refractivity contribution in [1.82, 2.24) is 10.2 Å². The van der Waals surface area contributed by atoms with Crippen molar-refractivity contribution in [1.29, 1.82) is 0 Å². The highest BCUT2D eigenvalue weighted by Gasteiger charge is 2.29. The second kappa shape index (κ2) is 5.54. The SMILES string of the molecule is O=C(CN1CCC[C@H](O)C1)NC1CCS(=O)(=O)C1. The number of hydrogen-bond acceptors (Lipinski definition) is 5. The van der Waals surface area contributed by atoms with Crippen LogP contribution < -0.4 is 5.32 Å². The first-order valence-electron chi connectivity index (χ1n) is 6.35. The van der Waals surface area contributed by atoms with Gasteiger partial charge in [0.15, 0.2) is 9.84 Å². The van der Waals surface area contributed by atoms with E-state index in [0.29, 0.717) is 13.0 Å². The maximum absolute atomic E-state index is 11.8. The van der Waals surface area contributed by atoms with E-state index in [1.54, 1.807) is 0 Å². The molecule has 104 valence electrons. The number of β-amino-alcohol motifs (C(OH)–C–C–N with tert-alkyl or cyclic N) is 1. The molecule has 1 unspecified atom stereocenters. The van der Waals surface area contributed by atoms with Crippen molar-refractivity contribution in [3.05, 3.63) is 0 Å². The van der Waals surface area contributed by atoms with E-state index >= 15 is 0 Å².